The number of benzene rings is 2. The van der Waals surface area contributed by atoms with Crippen molar-refractivity contribution in [3.8, 4) is 0 Å². The standard InChI is InChI=1S/C20H18ClN3O3S/c1-28(26,27)24(14-16-4-2-3-5-19(16)21)18-8-6-15(7-9-18)20(25)23-17-10-12-22-13-11-17/h2-13H,14H2,1H3,(H,22,23,25). The maximum atomic E-state index is 12.3. The molecule has 0 saturated heterocycles. The third kappa shape index (κ3) is 4.88. The molecule has 0 fully saturated rings. The first-order valence-electron chi connectivity index (χ1n) is 8.37. The van der Waals surface area contributed by atoms with Gasteiger partial charge in [-0.2, -0.15) is 0 Å². The van der Waals surface area contributed by atoms with E-state index in [-0.39, 0.29) is 12.5 Å². The molecule has 3 rings (SSSR count). The quantitative estimate of drug-likeness (QED) is 0.661. The van der Waals surface area contributed by atoms with E-state index in [9.17, 15) is 13.2 Å². The van der Waals surface area contributed by atoms with Crippen LogP contribution in [0.3, 0.4) is 0 Å². The molecule has 0 aliphatic carbocycles. The van der Waals surface area contributed by atoms with Crippen LogP contribution in [-0.4, -0.2) is 25.6 Å². The molecule has 1 aromatic heterocycles. The van der Waals surface area contributed by atoms with Gasteiger partial charge in [0.25, 0.3) is 5.91 Å². The second-order valence-corrected chi connectivity index (χ2v) is 8.41. The third-order valence-electron chi connectivity index (χ3n) is 4.03. The number of halogens is 1. The molecule has 0 aliphatic rings. The molecule has 3 aromatic rings. The van der Waals surface area contributed by atoms with Crippen molar-refractivity contribution in [1.82, 2.24) is 4.98 Å². The van der Waals surface area contributed by atoms with Crippen LogP contribution in [0.5, 0.6) is 0 Å². The minimum atomic E-state index is -3.55. The van der Waals surface area contributed by atoms with Crippen molar-refractivity contribution in [3.05, 3.63) is 89.2 Å². The van der Waals surface area contributed by atoms with Crippen LogP contribution in [-0.2, 0) is 16.6 Å². The predicted octanol–water partition coefficient (Wildman–Crippen LogP) is 3.95. The number of carbonyl (C=O) groups excluding carboxylic acids is 1. The molecule has 0 radical (unpaired) electrons. The number of nitrogens with one attached hydrogen (secondary N) is 1. The molecule has 2 aromatic carbocycles. The number of sulfonamides is 1. The summed E-state index contributed by atoms with van der Waals surface area (Å²) in [6, 6.07) is 16.8. The molecule has 0 spiro atoms. The van der Waals surface area contributed by atoms with Gasteiger partial charge in [0, 0.05) is 28.7 Å². The van der Waals surface area contributed by atoms with Gasteiger partial charge in [-0.3, -0.25) is 14.1 Å². The lowest BCUT2D eigenvalue weighted by atomic mass is 10.1. The minimum absolute atomic E-state index is 0.0983. The van der Waals surface area contributed by atoms with E-state index in [1.54, 1.807) is 73.1 Å². The molecule has 144 valence electrons. The summed E-state index contributed by atoms with van der Waals surface area (Å²) >= 11 is 6.17. The zero-order chi connectivity index (χ0) is 20.1. The lowest BCUT2D eigenvalue weighted by Gasteiger charge is -2.23. The normalized spacial score (nSPS) is 11.1. The Bertz CT molecular complexity index is 1070. The number of hydrogen-bond acceptors (Lipinski definition) is 4. The third-order valence-corrected chi connectivity index (χ3v) is 5.54. The molecule has 1 N–H and O–H groups in total. The Labute approximate surface area is 168 Å². The topological polar surface area (TPSA) is 79.4 Å². The first kappa shape index (κ1) is 19.9. The molecule has 6 nitrogen and oxygen atoms in total. The maximum Gasteiger partial charge on any atom is 0.255 e. The summed E-state index contributed by atoms with van der Waals surface area (Å²) < 4.78 is 25.9. The van der Waals surface area contributed by atoms with Crippen molar-refractivity contribution in [2.75, 3.05) is 15.9 Å². The van der Waals surface area contributed by atoms with Gasteiger partial charge < -0.3 is 5.32 Å². The molecule has 0 saturated carbocycles. The van der Waals surface area contributed by atoms with Crippen LogP contribution in [0.2, 0.25) is 5.02 Å². The lowest BCUT2D eigenvalue weighted by molar-refractivity contribution is 0.102. The molecule has 28 heavy (non-hydrogen) atoms. The molecule has 1 amide bonds. The van der Waals surface area contributed by atoms with Crippen molar-refractivity contribution in [2.45, 2.75) is 6.54 Å². The van der Waals surface area contributed by atoms with Crippen LogP contribution in [0, 0.1) is 0 Å². The van der Waals surface area contributed by atoms with Crippen LogP contribution in [0.1, 0.15) is 15.9 Å². The second-order valence-electron chi connectivity index (χ2n) is 6.10. The van der Waals surface area contributed by atoms with Crippen LogP contribution < -0.4 is 9.62 Å². The van der Waals surface area contributed by atoms with E-state index in [0.29, 0.717) is 27.5 Å². The Morgan fingerprint density at radius 1 is 1.04 bits per heavy atom. The van der Waals surface area contributed by atoms with Gasteiger partial charge >= 0.3 is 0 Å². The summed E-state index contributed by atoms with van der Waals surface area (Å²) in [6.45, 7) is 0.0983. The molecular weight excluding hydrogens is 398 g/mol. The molecule has 8 heteroatoms. The van der Waals surface area contributed by atoms with Gasteiger partial charge in [0.05, 0.1) is 18.5 Å². The van der Waals surface area contributed by atoms with Crippen molar-refractivity contribution >= 4 is 38.9 Å². The zero-order valence-corrected chi connectivity index (χ0v) is 16.6. The highest BCUT2D eigenvalue weighted by Crippen LogP contribution is 2.24. The highest BCUT2D eigenvalue weighted by Gasteiger charge is 2.19. The van der Waals surface area contributed by atoms with Crippen molar-refractivity contribution < 1.29 is 13.2 Å². The average molecular weight is 416 g/mol. The first-order valence-corrected chi connectivity index (χ1v) is 10.6. The largest absolute Gasteiger partial charge is 0.322 e. The maximum absolute atomic E-state index is 12.3. The van der Waals surface area contributed by atoms with Crippen molar-refractivity contribution in [2.24, 2.45) is 0 Å². The van der Waals surface area contributed by atoms with Crippen molar-refractivity contribution in [3.63, 3.8) is 0 Å². The summed E-state index contributed by atoms with van der Waals surface area (Å²) in [5.41, 5.74) is 2.17. The van der Waals surface area contributed by atoms with E-state index in [4.69, 9.17) is 11.6 Å². The average Bonchev–Trinajstić information content (AvgIpc) is 2.67. The highest BCUT2D eigenvalue weighted by molar-refractivity contribution is 7.92. The van der Waals surface area contributed by atoms with Crippen LogP contribution >= 0.6 is 11.6 Å². The molecule has 0 unspecified atom stereocenters. The molecule has 1 heterocycles. The molecular formula is C20H18ClN3O3S. The van der Waals surface area contributed by atoms with Crippen molar-refractivity contribution in [1.29, 1.82) is 0 Å². The Morgan fingerprint density at radius 3 is 2.29 bits per heavy atom. The van der Waals surface area contributed by atoms with E-state index >= 15 is 0 Å². The Kier molecular flexibility index (Phi) is 5.96. The fraction of sp³-hybridized carbons (Fsp3) is 0.100. The lowest BCUT2D eigenvalue weighted by Crippen LogP contribution is -2.29. The molecule has 0 atom stereocenters. The minimum Gasteiger partial charge on any atom is -0.322 e. The monoisotopic (exact) mass is 415 g/mol. The first-order chi connectivity index (χ1) is 13.3. The van der Waals surface area contributed by atoms with Gasteiger partial charge in [-0.05, 0) is 48.0 Å². The predicted molar refractivity (Wildman–Crippen MR) is 111 cm³/mol. The number of carbonyl (C=O) groups is 1. The number of rotatable bonds is 6. The van der Waals surface area contributed by atoms with Crippen LogP contribution in [0.4, 0.5) is 11.4 Å². The van der Waals surface area contributed by atoms with E-state index < -0.39 is 10.0 Å². The SMILES string of the molecule is CS(=O)(=O)N(Cc1ccccc1Cl)c1ccc(C(=O)Nc2ccncc2)cc1. The van der Waals surface area contributed by atoms with Gasteiger partial charge in [-0.1, -0.05) is 29.8 Å². The fourth-order valence-electron chi connectivity index (χ4n) is 2.60. The van der Waals surface area contributed by atoms with E-state index in [1.807, 2.05) is 0 Å². The summed E-state index contributed by atoms with van der Waals surface area (Å²) in [5, 5.41) is 3.25. The van der Waals surface area contributed by atoms with Gasteiger partial charge in [-0.25, -0.2) is 8.42 Å². The number of hydrogen-bond donors (Lipinski definition) is 1. The smallest absolute Gasteiger partial charge is 0.255 e. The van der Waals surface area contributed by atoms with E-state index in [1.165, 1.54) is 4.31 Å². The zero-order valence-electron chi connectivity index (χ0n) is 15.0. The van der Waals surface area contributed by atoms with Crippen LogP contribution in [0.15, 0.2) is 73.1 Å². The molecule has 0 bridgehead atoms. The Hall–Kier alpha value is -2.90. The van der Waals surface area contributed by atoms with E-state index in [2.05, 4.69) is 10.3 Å². The van der Waals surface area contributed by atoms with E-state index in [0.717, 1.165) is 6.26 Å². The summed E-state index contributed by atoms with van der Waals surface area (Å²) in [7, 11) is -3.55. The van der Waals surface area contributed by atoms with Crippen LogP contribution in [0.25, 0.3) is 0 Å². The number of pyridine rings is 1. The van der Waals surface area contributed by atoms with Gasteiger partial charge in [0.2, 0.25) is 10.0 Å². The van der Waals surface area contributed by atoms with Gasteiger partial charge in [0.15, 0.2) is 0 Å². The fourth-order valence-corrected chi connectivity index (χ4v) is 3.67. The van der Waals surface area contributed by atoms with Gasteiger partial charge in [-0.15, -0.1) is 0 Å². The number of anilines is 2. The Morgan fingerprint density at radius 2 is 1.68 bits per heavy atom. The summed E-state index contributed by atoms with van der Waals surface area (Å²) in [6.07, 6.45) is 4.29. The van der Waals surface area contributed by atoms with Gasteiger partial charge in [0.1, 0.15) is 0 Å². The Balaban J connectivity index is 1.82. The number of amides is 1. The highest BCUT2D eigenvalue weighted by atomic mass is 35.5. The summed E-state index contributed by atoms with van der Waals surface area (Å²) in [5.74, 6) is -0.297. The molecule has 0 aliphatic heterocycles. The second kappa shape index (κ2) is 8.41. The number of aromatic nitrogens is 1. The number of nitrogens with zero attached hydrogens (tertiary/aromatic N) is 2. The summed E-state index contributed by atoms with van der Waals surface area (Å²) in [4.78, 5) is 16.2.